The Morgan fingerprint density at radius 2 is 1.68 bits per heavy atom. The van der Waals surface area contributed by atoms with Crippen molar-refractivity contribution >= 4 is 50.0 Å². The third kappa shape index (κ3) is 4.04. The molecule has 1 heterocycles. The Morgan fingerprint density at radius 3 is 2.43 bits per heavy atom. The van der Waals surface area contributed by atoms with E-state index < -0.39 is 11.7 Å². The molecule has 0 unspecified atom stereocenters. The van der Waals surface area contributed by atoms with Crippen molar-refractivity contribution in [3.8, 4) is 0 Å². The number of anilines is 3. The molecular weight excluding hydrogens is 422 g/mol. The van der Waals surface area contributed by atoms with Gasteiger partial charge in [-0.2, -0.15) is 0 Å². The van der Waals surface area contributed by atoms with E-state index in [-0.39, 0.29) is 11.7 Å². The Bertz CT molecular complexity index is 1060. The molecule has 7 heteroatoms. The lowest BCUT2D eigenvalue weighted by atomic mass is 10.1. The molecule has 1 saturated carbocycles. The molecule has 1 aliphatic rings. The molecule has 0 saturated heterocycles. The summed E-state index contributed by atoms with van der Waals surface area (Å²) < 4.78 is 6.33. The molecule has 2 aromatic carbocycles. The van der Waals surface area contributed by atoms with Gasteiger partial charge in [0.1, 0.15) is 5.58 Å². The Morgan fingerprint density at radius 1 is 0.964 bits per heavy atom. The van der Waals surface area contributed by atoms with Crippen LogP contribution in [0.1, 0.15) is 25.7 Å². The van der Waals surface area contributed by atoms with Crippen molar-refractivity contribution in [2.24, 2.45) is 0 Å². The van der Waals surface area contributed by atoms with Gasteiger partial charge in [0.05, 0.1) is 5.69 Å². The molecule has 0 spiro atoms. The second-order valence-corrected chi connectivity index (χ2v) is 7.76. The van der Waals surface area contributed by atoms with Crippen LogP contribution in [0.15, 0.2) is 62.2 Å². The smallest absolute Gasteiger partial charge is 0.362 e. The predicted molar refractivity (Wildman–Crippen MR) is 115 cm³/mol. The molecule has 6 nitrogen and oxygen atoms in total. The van der Waals surface area contributed by atoms with E-state index in [1.807, 2.05) is 30.3 Å². The van der Waals surface area contributed by atoms with Crippen LogP contribution in [0.4, 0.5) is 21.9 Å². The second kappa shape index (κ2) is 8.06. The Kier molecular flexibility index (Phi) is 5.34. The number of amides is 2. The van der Waals surface area contributed by atoms with Gasteiger partial charge in [-0.3, -0.25) is 5.32 Å². The van der Waals surface area contributed by atoms with Gasteiger partial charge in [0.15, 0.2) is 5.69 Å². The maximum Gasteiger partial charge on any atom is 0.362 e. The van der Waals surface area contributed by atoms with Crippen molar-refractivity contribution in [1.29, 1.82) is 0 Å². The van der Waals surface area contributed by atoms with Gasteiger partial charge in [0.2, 0.25) is 0 Å². The van der Waals surface area contributed by atoms with E-state index in [4.69, 9.17) is 4.42 Å². The van der Waals surface area contributed by atoms with Gasteiger partial charge in [-0.1, -0.05) is 40.9 Å². The monoisotopic (exact) mass is 441 g/mol. The molecule has 0 atom stereocenters. The summed E-state index contributed by atoms with van der Waals surface area (Å²) in [5.74, 6) is 0. The number of halogens is 1. The summed E-state index contributed by atoms with van der Waals surface area (Å²) in [5.41, 5.74) is 1.28. The number of urea groups is 1. The van der Waals surface area contributed by atoms with E-state index in [2.05, 4.69) is 31.9 Å². The lowest BCUT2D eigenvalue weighted by Gasteiger charge is -2.18. The largest absolute Gasteiger partial charge is 0.421 e. The molecule has 4 rings (SSSR count). The zero-order valence-corrected chi connectivity index (χ0v) is 16.7. The van der Waals surface area contributed by atoms with Crippen LogP contribution in [-0.2, 0) is 0 Å². The number of para-hydroxylation sites is 1. The number of fused-ring (bicyclic) bond motifs is 1. The molecule has 1 fully saturated rings. The maximum atomic E-state index is 12.6. The zero-order valence-electron chi connectivity index (χ0n) is 15.1. The highest BCUT2D eigenvalue weighted by atomic mass is 79.9. The van der Waals surface area contributed by atoms with Gasteiger partial charge in [-0.15, -0.1) is 0 Å². The molecule has 1 aliphatic carbocycles. The number of benzene rings is 2. The van der Waals surface area contributed by atoms with Gasteiger partial charge in [0.25, 0.3) is 0 Å². The van der Waals surface area contributed by atoms with Gasteiger partial charge in [-0.25, -0.2) is 9.59 Å². The minimum atomic E-state index is -0.579. The van der Waals surface area contributed by atoms with Crippen molar-refractivity contribution in [2.45, 2.75) is 31.7 Å². The first-order chi connectivity index (χ1) is 13.6. The number of hydrogen-bond donors (Lipinski definition) is 3. The van der Waals surface area contributed by atoms with Crippen LogP contribution in [0.3, 0.4) is 0 Å². The fraction of sp³-hybridized carbons (Fsp3) is 0.238. The Balaban J connectivity index is 1.66. The van der Waals surface area contributed by atoms with Gasteiger partial charge < -0.3 is 15.1 Å². The SMILES string of the molecule is O=C(Nc1ccc(Br)cc1)Nc1c(NC2CCCC2)c2ccccc2oc1=O. The molecule has 3 N–H and O–H groups in total. The van der Waals surface area contributed by atoms with E-state index in [1.165, 1.54) is 0 Å². The van der Waals surface area contributed by atoms with E-state index in [0.29, 0.717) is 17.0 Å². The first kappa shape index (κ1) is 18.6. The predicted octanol–water partition coefficient (Wildman–Crippen LogP) is 5.55. The van der Waals surface area contributed by atoms with Crippen LogP contribution in [0.25, 0.3) is 11.0 Å². The number of hydrogen-bond acceptors (Lipinski definition) is 4. The maximum absolute atomic E-state index is 12.6. The molecule has 1 aromatic heterocycles. The standard InChI is InChI=1S/C21H20BrN3O3/c22-13-9-11-15(12-10-13)24-21(27)25-19-18(23-14-5-1-2-6-14)16-7-3-4-8-17(16)28-20(19)26/h3-4,7-12,14,23H,1-2,5-6H2,(H2,24,25,27). The van der Waals surface area contributed by atoms with Crippen LogP contribution < -0.4 is 21.6 Å². The normalized spacial score (nSPS) is 14.2. The Labute approximate surface area is 170 Å². The van der Waals surface area contributed by atoms with Gasteiger partial charge in [-0.05, 0) is 49.2 Å². The molecule has 0 aliphatic heterocycles. The van der Waals surface area contributed by atoms with Crippen LogP contribution in [0.2, 0.25) is 0 Å². The fourth-order valence-corrected chi connectivity index (χ4v) is 3.76. The third-order valence-electron chi connectivity index (χ3n) is 4.86. The van der Waals surface area contributed by atoms with Gasteiger partial charge in [0, 0.05) is 21.6 Å². The summed E-state index contributed by atoms with van der Waals surface area (Å²) in [7, 11) is 0. The molecule has 0 radical (unpaired) electrons. The van der Waals surface area contributed by atoms with E-state index in [1.54, 1.807) is 18.2 Å². The van der Waals surface area contributed by atoms with Crippen molar-refractivity contribution in [3.63, 3.8) is 0 Å². The molecule has 3 aromatic rings. The van der Waals surface area contributed by atoms with Gasteiger partial charge >= 0.3 is 11.7 Å². The summed E-state index contributed by atoms with van der Waals surface area (Å²) in [6.07, 6.45) is 4.39. The van der Waals surface area contributed by atoms with E-state index in [0.717, 1.165) is 35.5 Å². The lowest BCUT2D eigenvalue weighted by Crippen LogP contribution is -2.26. The fourth-order valence-electron chi connectivity index (χ4n) is 3.50. The van der Waals surface area contributed by atoms with E-state index >= 15 is 0 Å². The van der Waals surface area contributed by atoms with Crippen molar-refractivity contribution in [3.05, 3.63) is 63.4 Å². The molecule has 28 heavy (non-hydrogen) atoms. The molecule has 0 bridgehead atoms. The van der Waals surface area contributed by atoms with Crippen LogP contribution in [0, 0.1) is 0 Å². The third-order valence-corrected chi connectivity index (χ3v) is 5.39. The first-order valence-electron chi connectivity index (χ1n) is 9.26. The zero-order chi connectivity index (χ0) is 19.5. The summed E-state index contributed by atoms with van der Waals surface area (Å²) in [4.78, 5) is 25.1. The van der Waals surface area contributed by atoms with Crippen LogP contribution in [0.5, 0.6) is 0 Å². The number of carbonyl (C=O) groups excluding carboxylic acids is 1. The topological polar surface area (TPSA) is 83.4 Å². The number of carbonyl (C=O) groups is 1. The summed E-state index contributed by atoms with van der Waals surface area (Å²) in [6.45, 7) is 0. The number of rotatable bonds is 4. The summed E-state index contributed by atoms with van der Waals surface area (Å²) >= 11 is 3.36. The van der Waals surface area contributed by atoms with E-state index in [9.17, 15) is 9.59 Å². The highest BCUT2D eigenvalue weighted by Crippen LogP contribution is 2.32. The minimum Gasteiger partial charge on any atom is -0.421 e. The highest BCUT2D eigenvalue weighted by Gasteiger charge is 2.21. The average Bonchev–Trinajstić information content (AvgIpc) is 3.19. The summed E-state index contributed by atoms with van der Waals surface area (Å²) in [6, 6.07) is 14.3. The van der Waals surface area contributed by atoms with Crippen LogP contribution in [-0.4, -0.2) is 12.1 Å². The van der Waals surface area contributed by atoms with Crippen molar-refractivity contribution in [2.75, 3.05) is 16.0 Å². The molecular formula is C21H20BrN3O3. The average molecular weight is 442 g/mol. The quantitative estimate of drug-likeness (QED) is 0.463. The summed E-state index contributed by atoms with van der Waals surface area (Å²) in [5, 5.41) is 9.64. The van der Waals surface area contributed by atoms with Crippen LogP contribution >= 0.6 is 15.9 Å². The lowest BCUT2D eigenvalue weighted by molar-refractivity contribution is 0.262. The van der Waals surface area contributed by atoms with Crippen molar-refractivity contribution in [1.82, 2.24) is 0 Å². The minimum absolute atomic E-state index is 0.125. The number of nitrogens with one attached hydrogen (secondary N) is 3. The van der Waals surface area contributed by atoms with Crippen molar-refractivity contribution < 1.29 is 9.21 Å². The second-order valence-electron chi connectivity index (χ2n) is 6.85. The first-order valence-corrected chi connectivity index (χ1v) is 10.1. The highest BCUT2D eigenvalue weighted by molar-refractivity contribution is 9.10. The molecule has 2 amide bonds. The Hall–Kier alpha value is -2.80. The molecule has 144 valence electrons.